The van der Waals surface area contributed by atoms with Crippen molar-refractivity contribution in [3.8, 4) is 0 Å². The SMILES string of the molecule is CC.CC.CC(C)(C)OC(=O)N1CC[C@H]2CCC[C@H]2C1. The largest absolute Gasteiger partial charge is 0.444 e. The number of amides is 1. The third-order valence-electron chi connectivity index (χ3n) is 3.69. The number of nitrogens with zero attached hydrogens (tertiary/aromatic N) is 1. The van der Waals surface area contributed by atoms with E-state index < -0.39 is 0 Å². The van der Waals surface area contributed by atoms with Gasteiger partial charge < -0.3 is 9.64 Å². The zero-order valence-electron chi connectivity index (χ0n) is 14.7. The molecule has 0 aromatic heterocycles. The Balaban J connectivity index is 0.000000829. The van der Waals surface area contributed by atoms with E-state index in [1.165, 1.54) is 25.7 Å². The number of carbonyl (C=O) groups is 1. The number of likely N-dealkylation sites (tertiary alicyclic amines) is 1. The van der Waals surface area contributed by atoms with Gasteiger partial charge >= 0.3 is 6.09 Å². The van der Waals surface area contributed by atoms with E-state index in [4.69, 9.17) is 4.74 Å². The van der Waals surface area contributed by atoms with Gasteiger partial charge in [0.1, 0.15) is 5.60 Å². The Morgan fingerprint density at radius 1 is 1.00 bits per heavy atom. The third kappa shape index (κ3) is 6.15. The Kier molecular flexibility index (Phi) is 8.91. The van der Waals surface area contributed by atoms with Gasteiger partial charge in [0.15, 0.2) is 0 Å². The highest BCUT2D eigenvalue weighted by molar-refractivity contribution is 5.68. The quantitative estimate of drug-likeness (QED) is 0.620. The number of carbonyl (C=O) groups excluding carboxylic acids is 1. The van der Waals surface area contributed by atoms with E-state index in [0.29, 0.717) is 0 Å². The minimum absolute atomic E-state index is 0.127. The monoisotopic (exact) mass is 285 g/mol. The summed E-state index contributed by atoms with van der Waals surface area (Å²) in [5.41, 5.74) is -0.371. The number of hydrogen-bond donors (Lipinski definition) is 0. The van der Waals surface area contributed by atoms with E-state index in [2.05, 4.69) is 0 Å². The number of rotatable bonds is 0. The van der Waals surface area contributed by atoms with Crippen molar-refractivity contribution in [1.29, 1.82) is 0 Å². The fourth-order valence-corrected chi connectivity index (χ4v) is 2.92. The van der Waals surface area contributed by atoms with E-state index >= 15 is 0 Å². The van der Waals surface area contributed by atoms with E-state index in [1.54, 1.807) is 0 Å². The topological polar surface area (TPSA) is 29.5 Å². The lowest BCUT2D eigenvalue weighted by molar-refractivity contribution is 0.0127. The Hall–Kier alpha value is -0.730. The molecule has 3 nitrogen and oxygen atoms in total. The summed E-state index contributed by atoms with van der Waals surface area (Å²) >= 11 is 0. The van der Waals surface area contributed by atoms with Crippen molar-refractivity contribution < 1.29 is 9.53 Å². The van der Waals surface area contributed by atoms with Crippen molar-refractivity contribution in [3.05, 3.63) is 0 Å². The molecule has 2 fully saturated rings. The van der Waals surface area contributed by atoms with Gasteiger partial charge in [0.05, 0.1) is 0 Å². The fourth-order valence-electron chi connectivity index (χ4n) is 2.92. The van der Waals surface area contributed by atoms with Crippen molar-refractivity contribution in [2.24, 2.45) is 11.8 Å². The highest BCUT2D eigenvalue weighted by Crippen LogP contribution is 2.37. The molecule has 1 saturated carbocycles. The van der Waals surface area contributed by atoms with Gasteiger partial charge in [-0.3, -0.25) is 0 Å². The van der Waals surface area contributed by atoms with Gasteiger partial charge in [0, 0.05) is 13.1 Å². The van der Waals surface area contributed by atoms with Crippen LogP contribution in [0.1, 0.15) is 74.1 Å². The Morgan fingerprint density at radius 2 is 1.55 bits per heavy atom. The van der Waals surface area contributed by atoms with Crippen LogP contribution in [0.5, 0.6) is 0 Å². The van der Waals surface area contributed by atoms with Gasteiger partial charge in [-0.2, -0.15) is 0 Å². The standard InChI is InChI=1S/C13H23NO2.2C2H6/c1-13(2,3)16-12(15)14-8-7-10-5-4-6-11(10)9-14;2*1-2/h10-11H,4-9H2,1-3H3;2*1-2H3/t10-,11+;;/m1../s1. The molecule has 1 aliphatic heterocycles. The predicted molar refractivity (Wildman–Crippen MR) is 86.0 cm³/mol. The van der Waals surface area contributed by atoms with Gasteiger partial charge in [0.25, 0.3) is 0 Å². The Labute approximate surface area is 126 Å². The van der Waals surface area contributed by atoms with Crippen LogP contribution in [0.25, 0.3) is 0 Å². The van der Waals surface area contributed by atoms with E-state index in [1.807, 2.05) is 53.4 Å². The molecule has 120 valence electrons. The molecule has 2 atom stereocenters. The number of ether oxygens (including phenoxy) is 1. The van der Waals surface area contributed by atoms with E-state index in [9.17, 15) is 4.79 Å². The minimum Gasteiger partial charge on any atom is -0.444 e. The summed E-state index contributed by atoms with van der Waals surface area (Å²) < 4.78 is 5.41. The zero-order chi connectivity index (χ0) is 15.8. The van der Waals surface area contributed by atoms with Crippen LogP contribution < -0.4 is 0 Å². The summed E-state index contributed by atoms with van der Waals surface area (Å²) in [4.78, 5) is 13.8. The molecule has 2 aliphatic rings. The van der Waals surface area contributed by atoms with Crippen LogP contribution in [0.4, 0.5) is 4.79 Å². The van der Waals surface area contributed by atoms with E-state index in [-0.39, 0.29) is 11.7 Å². The smallest absolute Gasteiger partial charge is 0.410 e. The average molecular weight is 285 g/mol. The van der Waals surface area contributed by atoms with E-state index in [0.717, 1.165) is 24.9 Å². The van der Waals surface area contributed by atoms with Crippen molar-refractivity contribution >= 4 is 6.09 Å². The number of piperidine rings is 1. The van der Waals surface area contributed by atoms with Crippen LogP contribution in [0.2, 0.25) is 0 Å². The Morgan fingerprint density at radius 3 is 2.10 bits per heavy atom. The van der Waals surface area contributed by atoms with Gasteiger partial charge in [-0.15, -0.1) is 0 Å². The minimum atomic E-state index is -0.371. The molecule has 1 aliphatic carbocycles. The molecule has 0 spiro atoms. The van der Waals surface area contributed by atoms with Crippen LogP contribution in [0.3, 0.4) is 0 Å². The van der Waals surface area contributed by atoms with Crippen LogP contribution in [0.15, 0.2) is 0 Å². The van der Waals surface area contributed by atoms with Crippen LogP contribution in [0, 0.1) is 11.8 Å². The summed E-state index contributed by atoms with van der Waals surface area (Å²) in [6.07, 6.45) is 5.05. The van der Waals surface area contributed by atoms with Crippen LogP contribution >= 0.6 is 0 Å². The zero-order valence-corrected chi connectivity index (χ0v) is 14.7. The molecular formula is C17H35NO2. The average Bonchev–Trinajstić information content (AvgIpc) is 2.88. The second-order valence-corrected chi connectivity index (χ2v) is 6.17. The van der Waals surface area contributed by atoms with Crippen molar-refractivity contribution in [2.45, 2.75) is 79.8 Å². The van der Waals surface area contributed by atoms with Gasteiger partial charge in [-0.1, -0.05) is 40.5 Å². The molecule has 0 bridgehead atoms. The fraction of sp³-hybridized carbons (Fsp3) is 0.941. The van der Waals surface area contributed by atoms with Gasteiger partial charge in [-0.25, -0.2) is 4.79 Å². The third-order valence-corrected chi connectivity index (χ3v) is 3.69. The maximum absolute atomic E-state index is 11.9. The molecular weight excluding hydrogens is 250 g/mol. The molecule has 20 heavy (non-hydrogen) atoms. The molecule has 2 rings (SSSR count). The molecule has 0 unspecified atom stereocenters. The lowest BCUT2D eigenvalue weighted by atomic mass is 9.89. The van der Waals surface area contributed by atoms with Gasteiger partial charge in [0.2, 0.25) is 0 Å². The maximum atomic E-state index is 11.9. The first-order chi connectivity index (χ1) is 9.46. The van der Waals surface area contributed by atoms with Crippen molar-refractivity contribution in [2.75, 3.05) is 13.1 Å². The molecule has 1 saturated heterocycles. The maximum Gasteiger partial charge on any atom is 0.410 e. The molecule has 0 aromatic carbocycles. The first-order valence-corrected chi connectivity index (χ1v) is 8.43. The molecule has 0 aromatic rings. The molecule has 1 amide bonds. The normalized spacial score (nSPS) is 24.6. The van der Waals surface area contributed by atoms with Crippen LogP contribution in [-0.4, -0.2) is 29.7 Å². The van der Waals surface area contributed by atoms with Crippen molar-refractivity contribution in [3.63, 3.8) is 0 Å². The second kappa shape index (κ2) is 9.25. The van der Waals surface area contributed by atoms with Crippen LogP contribution in [-0.2, 0) is 4.74 Å². The highest BCUT2D eigenvalue weighted by atomic mass is 16.6. The molecule has 0 radical (unpaired) electrons. The number of fused-ring (bicyclic) bond motifs is 1. The predicted octanol–water partition coefficient (Wildman–Crippen LogP) is 5.10. The first kappa shape index (κ1) is 19.3. The summed E-state index contributed by atoms with van der Waals surface area (Å²) in [5.74, 6) is 1.61. The second-order valence-electron chi connectivity index (χ2n) is 6.17. The van der Waals surface area contributed by atoms with Crippen molar-refractivity contribution in [1.82, 2.24) is 4.90 Å². The molecule has 3 heteroatoms. The summed E-state index contributed by atoms with van der Waals surface area (Å²) in [6, 6.07) is 0. The summed E-state index contributed by atoms with van der Waals surface area (Å²) in [7, 11) is 0. The highest BCUT2D eigenvalue weighted by Gasteiger charge is 2.35. The Bertz CT molecular complexity index is 271. The molecule has 1 heterocycles. The molecule has 0 N–H and O–H groups in total. The summed E-state index contributed by atoms with van der Waals surface area (Å²) in [5, 5.41) is 0. The summed E-state index contributed by atoms with van der Waals surface area (Å²) in [6.45, 7) is 15.6. The lowest BCUT2D eigenvalue weighted by Gasteiger charge is -2.36. The lowest BCUT2D eigenvalue weighted by Crippen LogP contribution is -2.44. The number of hydrogen-bond acceptors (Lipinski definition) is 2. The van der Waals surface area contributed by atoms with Gasteiger partial charge in [-0.05, 0) is 45.4 Å². The first-order valence-electron chi connectivity index (χ1n) is 8.43.